The Labute approximate surface area is 239 Å². The molecule has 3 aliphatic heterocycles. The SMILES string of the molecule is CC(C)C[C@H](NC(=O)[C@@H](NC(=O)c1cccc(-c2ccccc2)n1)[C@@H](C)O)[B-]12OC(=O)[C@H]3CCC[C@@H](C(=O)O1)[N+]32C. The molecule has 11 nitrogen and oxygen atoms in total. The summed E-state index contributed by atoms with van der Waals surface area (Å²) in [4.78, 5) is 57.4. The van der Waals surface area contributed by atoms with Crippen molar-refractivity contribution in [1.29, 1.82) is 0 Å². The van der Waals surface area contributed by atoms with E-state index in [4.69, 9.17) is 9.31 Å². The molecule has 2 amide bonds. The number of nitrogens with one attached hydrogen (secondary N) is 2. The van der Waals surface area contributed by atoms with E-state index >= 15 is 0 Å². The summed E-state index contributed by atoms with van der Waals surface area (Å²) in [6, 6.07) is 11.9. The monoisotopic (exact) mass is 564 g/mol. The van der Waals surface area contributed by atoms with Crippen molar-refractivity contribution < 1.29 is 38.0 Å². The molecule has 0 saturated carbocycles. The number of hydrogen-bond acceptors (Lipinski definition) is 8. The van der Waals surface area contributed by atoms with Crippen LogP contribution >= 0.6 is 0 Å². The molecule has 2 aromatic rings. The van der Waals surface area contributed by atoms with Crippen LogP contribution in [0.4, 0.5) is 0 Å². The van der Waals surface area contributed by atoms with Gasteiger partial charge in [-0.25, -0.2) is 14.6 Å². The van der Waals surface area contributed by atoms with Gasteiger partial charge >= 0.3 is 18.6 Å². The fourth-order valence-corrected chi connectivity index (χ4v) is 6.83. The molecule has 3 fully saturated rings. The normalized spacial score (nSPS) is 28.7. The Morgan fingerprint density at radius 1 is 1.00 bits per heavy atom. The van der Waals surface area contributed by atoms with Crippen molar-refractivity contribution in [3.8, 4) is 11.3 Å². The highest BCUT2D eigenvalue weighted by atomic mass is 16.7. The van der Waals surface area contributed by atoms with E-state index in [-0.39, 0.29) is 16.0 Å². The van der Waals surface area contributed by atoms with Crippen molar-refractivity contribution in [3.63, 3.8) is 0 Å². The number of aromatic nitrogens is 1. The zero-order valence-electron chi connectivity index (χ0n) is 23.8. The summed E-state index contributed by atoms with van der Waals surface area (Å²) in [6.07, 6.45) is 0.918. The van der Waals surface area contributed by atoms with Crippen molar-refractivity contribution in [1.82, 2.24) is 15.6 Å². The van der Waals surface area contributed by atoms with Crippen LogP contribution < -0.4 is 10.6 Å². The van der Waals surface area contributed by atoms with Crippen molar-refractivity contribution >= 4 is 30.4 Å². The summed E-state index contributed by atoms with van der Waals surface area (Å²) in [7, 11) is 1.81. The second-order valence-corrected chi connectivity index (χ2v) is 12.0. The van der Waals surface area contributed by atoms with E-state index in [0.717, 1.165) is 5.56 Å². The third kappa shape index (κ3) is 4.89. The highest BCUT2D eigenvalue weighted by Crippen LogP contribution is 2.49. The standard InChI is InChI=1S/C29H37BN4O7/c1-17(2)16-24(30-34(4)22(28(38)40-30)14-9-15-23(34)29(39)41-30)32-27(37)25(18(3)35)33-26(36)21-13-8-12-20(31-21)19-10-6-5-7-11-19/h5-8,10-13,17-18,22-25,35H,9,14-16H2,1-4H3,(H,32,37)(H,33,36)/t18-,22-,23+,24+,25+,30?,34?/m1/s1. The summed E-state index contributed by atoms with van der Waals surface area (Å²) in [5.74, 6) is -3.01. The van der Waals surface area contributed by atoms with Gasteiger partial charge in [-0.2, -0.15) is 0 Å². The van der Waals surface area contributed by atoms with E-state index < -0.39 is 60.6 Å². The fraction of sp³-hybridized carbons (Fsp3) is 0.483. The van der Waals surface area contributed by atoms with Gasteiger partial charge in [0, 0.05) is 25.5 Å². The van der Waals surface area contributed by atoms with Crippen LogP contribution in [0.25, 0.3) is 11.3 Å². The number of carbonyl (C=O) groups excluding carboxylic acids is 4. The first kappa shape index (κ1) is 28.8. The van der Waals surface area contributed by atoms with Gasteiger partial charge in [0.15, 0.2) is 0 Å². The average Bonchev–Trinajstić information content (AvgIpc) is 3.31. The van der Waals surface area contributed by atoms with Gasteiger partial charge in [0.05, 0.1) is 17.7 Å². The molecule has 4 heterocycles. The first-order valence-electron chi connectivity index (χ1n) is 14.3. The third-order valence-electron chi connectivity index (χ3n) is 8.85. The number of nitrogens with zero attached hydrogens (tertiary/aromatic N) is 2. The molecule has 2 unspecified atom stereocenters. The number of rotatable bonds is 9. The maximum absolute atomic E-state index is 13.7. The molecule has 7 atom stereocenters. The lowest BCUT2D eigenvalue weighted by atomic mass is 9.56. The van der Waals surface area contributed by atoms with Crippen LogP contribution in [0.1, 0.15) is 56.9 Å². The Hall–Kier alpha value is -3.77. The number of amides is 2. The Morgan fingerprint density at radius 3 is 2.22 bits per heavy atom. The first-order chi connectivity index (χ1) is 19.5. The molecule has 41 heavy (non-hydrogen) atoms. The van der Waals surface area contributed by atoms with Crippen LogP contribution in [0.15, 0.2) is 48.5 Å². The van der Waals surface area contributed by atoms with E-state index in [2.05, 4.69) is 15.6 Å². The lowest BCUT2D eigenvalue weighted by Crippen LogP contribution is -2.76. The minimum Gasteiger partial charge on any atom is -0.599 e. The summed E-state index contributed by atoms with van der Waals surface area (Å²) < 4.78 is 11.9. The van der Waals surface area contributed by atoms with Gasteiger partial charge in [0.1, 0.15) is 23.8 Å². The largest absolute Gasteiger partial charge is 0.605 e. The molecule has 3 saturated heterocycles. The quantitative estimate of drug-likeness (QED) is 0.391. The number of piperidine rings is 1. The van der Waals surface area contributed by atoms with E-state index in [1.165, 1.54) is 13.0 Å². The molecule has 12 heteroatoms. The van der Waals surface area contributed by atoms with Crippen molar-refractivity contribution in [2.45, 2.75) is 76.6 Å². The molecule has 3 aliphatic rings. The number of likely N-dealkylation sites (N-methyl/N-ethyl adjacent to an activating group) is 1. The Kier molecular flexibility index (Phi) is 7.65. The average molecular weight is 564 g/mol. The second-order valence-electron chi connectivity index (χ2n) is 12.0. The van der Waals surface area contributed by atoms with Crippen molar-refractivity contribution in [2.24, 2.45) is 5.92 Å². The van der Waals surface area contributed by atoms with Gasteiger partial charge in [0.25, 0.3) is 5.91 Å². The number of benzene rings is 1. The fourth-order valence-electron chi connectivity index (χ4n) is 6.83. The zero-order valence-corrected chi connectivity index (χ0v) is 23.8. The Morgan fingerprint density at radius 2 is 1.63 bits per heavy atom. The summed E-state index contributed by atoms with van der Waals surface area (Å²) in [6.45, 7) is 2.66. The molecule has 0 bridgehead atoms. The van der Waals surface area contributed by atoms with E-state index in [1.807, 2.05) is 51.2 Å². The number of pyridine rings is 1. The number of quaternary nitrogens is 1. The highest BCUT2D eigenvalue weighted by Gasteiger charge is 2.77. The van der Waals surface area contributed by atoms with Gasteiger partial charge in [-0.3, -0.25) is 9.59 Å². The topological polar surface area (TPSA) is 144 Å². The van der Waals surface area contributed by atoms with Crippen LogP contribution in [-0.4, -0.2) is 82.1 Å². The lowest BCUT2D eigenvalue weighted by Gasteiger charge is -2.52. The number of carbonyl (C=O) groups is 4. The molecular weight excluding hydrogens is 527 g/mol. The van der Waals surface area contributed by atoms with Crippen molar-refractivity contribution in [3.05, 3.63) is 54.2 Å². The van der Waals surface area contributed by atoms with Gasteiger partial charge in [-0.1, -0.05) is 50.2 Å². The first-order valence-corrected chi connectivity index (χ1v) is 14.3. The summed E-state index contributed by atoms with van der Waals surface area (Å²) >= 11 is 0. The van der Waals surface area contributed by atoms with Crippen LogP contribution in [0.2, 0.25) is 0 Å². The molecule has 0 aliphatic carbocycles. The Bertz CT molecular complexity index is 1330. The zero-order chi connectivity index (χ0) is 29.5. The van der Waals surface area contributed by atoms with E-state index in [9.17, 15) is 24.3 Å². The lowest BCUT2D eigenvalue weighted by molar-refractivity contribution is -0.850. The van der Waals surface area contributed by atoms with Crippen LogP contribution in [0, 0.1) is 5.92 Å². The van der Waals surface area contributed by atoms with Gasteiger partial charge in [-0.15, -0.1) is 0 Å². The summed E-state index contributed by atoms with van der Waals surface area (Å²) in [5.41, 5.74) is 1.50. The van der Waals surface area contributed by atoms with E-state index in [1.54, 1.807) is 12.1 Å². The number of hydrogen-bond donors (Lipinski definition) is 3. The van der Waals surface area contributed by atoms with Gasteiger partial charge in [-0.05, 0) is 37.8 Å². The maximum atomic E-state index is 13.7. The minimum atomic E-state index is -2.63. The smallest absolute Gasteiger partial charge is 0.599 e. The molecular formula is C29H37BN4O7. The molecule has 0 spiro atoms. The van der Waals surface area contributed by atoms with E-state index in [0.29, 0.717) is 31.4 Å². The molecule has 5 rings (SSSR count). The van der Waals surface area contributed by atoms with Gasteiger partial charge < -0.3 is 29.4 Å². The Balaban J connectivity index is 1.40. The molecule has 3 N–H and O–H groups in total. The molecule has 1 aromatic heterocycles. The predicted octanol–water partition coefficient (Wildman–Crippen LogP) is 1.72. The molecule has 218 valence electrons. The number of aliphatic hydroxyl groups is 1. The minimum absolute atomic E-state index is 0.0166. The molecule has 0 radical (unpaired) electrons. The van der Waals surface area contributed by atoms with Crippen LogP contribution in [-0.2, 0) is 23.7 Å². The van der Waals surface area contributed by atoms with Crippen LogP contribution in [0.5, 0.6) is 0 Å². The molecule has 1 aromatic carbocycles. The number of aliphatic hydroxyl groups excluding tert-OH is 1. The van der Waals surface area contributed by atoms with Crippen LogP contribution in [0.3, 0.4) is 0 Å². The maximum Gasteiger partial charge on any atom is 0.605 e. The summed E-state index contributed by atoms with van der Waals surface area (Å²) in [5, 5.41) is 16.1. The third-order valence-corrected chi connectivity index (χ3v) is 8.85. The van der Waals surface area contributed by atoms with Crippen molar-refractivity contribution in [2.75, 3.05) is 7.05 Å². The second kappa shape index (κ2) is 10.9. The van der Waals surface area contributed by atoms with Gasteiger partial charge in [0.2, 0.25) is 5.91 Å². The highest BCUT2D eigenvalue weighted by molar-refractivity contribution is 6.68. The predicted molar refractivity (Wildman–Crippen MR) is 150 cm³/mol.